The third-order valence-electron chi connectivity index (χ3n) is 4.57. The number of anilines is 1. The van der Waals surface area contributed by atoms with Gasteiger partial charge in [-0.3, -0.25) is 4.79 Å². The lowest BCUT2D eigenvalue weighted by atomic mass is 9.96. The Morgan fingerprint density at radius 1 is 1.04 bits per heavy atom. The summed E-state index contributed by atoms with van der Waals surface area (Å²) < 4.78 is 0. The van der Waals surface area contributed by atoms with Gasteiger partial charge in [-0.2, -0.15) is 0 Å². The number of rotatable bonds is 2. The molecule has 1 aliphatic heterocycles. The Balaban J connectivity index is 1.60. The lowest BCUT2D eigenvalue weighted by molar-refractivity contribution is -0.134. The Labute approximate surface area is 142 Å². The van der Waals surface area contributed by atoms with Gasteiger partial charge in [-0.1, -0.05) is 30.3 Å². The van der Waals surface area contributed by atoms with Crippen LogP contribution >= 0.6 is 0 Å². The highest BCUT2D eigenvalue weighted by atomic mass is 16.2. The number of piperidine rings is 1. The molecule has 0 atom stereocenters. The number of urea groups is 1. The van der Waals surface area contributed by atoms with E-state index >= 15 is 0 Å². The van der Waals surface area contributed by atoms with E-state index in [1.54, 1.807) is 23.9 Å². The van der Waals surface area contributed by atoms with Gasteiger partial charge in [0.2, 0.25) is 5.91 Å². The SMILES string of the molecule is CN(C)C(=O)C1CCN(C(=O)Nc2ccc3ccccc3c2)CC1. The molecule has 0 saturated carbocycles. The highest BCUT2D eigenvalue weighted by Gasteiger charge is 2.28. The van der Waals surface area contributed by atoms with Gasteiger partial charge < -0.3 is 15.1 Å². The van der Waals surface area contributed by atoms with Gasteiger partial charge in [0.1, 0.15) is 0 Å². The highest BCUT2D eigenvalue weighted by Crippen LogP contribution is 2.22. The number of nitrogens with one attached hydrogen (secondary N) is 1. The van der Waals surface area contributed by atoms with Crippen LogP contribution in [0.3, 0.4) is 0 Å². The van der Waals surface area contributed by atoms with E-state index in [0.29, 0.717) is 13.1 Å². The van der Waals surface area contributed by atoms with Gasteiger partial charge in [0.25, 0.3) is 0 Å². The zero-order chi connectivity index (χ0) is 17.1. The minimum Gasteiger partial charge on any atom is -0.349 e. The van der Waals surface area contributed by atoms with Crippen LogP contribution in [0.1, 0.15) is 12.8 Å². The first-order valence-electron chi connectivity index (χ1n) is 8.30. The molecule has 0 bridgehead atoms. The second-order valence-electron chi connectivity index (χ2n) is 6.49. The van der Waals surface area contributed by atoms with Crippen molar-refractivity contribution in [1.29, 1.82) is 0 Å². The predicted molar refractivity (Wildman–Crippen MR) is 96.0 cm³/mol. The molecular formula is C19H23N3O2. The van der Waals surface area contributed by atoms with E-state index in [4.69, 9.17) is 0 Å². The molecule has 3 amide bonds. The van der Waals surface area contributed by atoms with Crippen LogP contribution in [-0.4, -0.2) is 48.9 Å². The fourth-order valence-electron chi connectivity index (χ4n) is 3.16. The molecule has 24 heavy (non-hydrogen) atoms. The van der Waals surface area contributed by atoms with Gasteiger partial charge in [-0.25, -0.2) is 4.79 Å². The maximum Gasteiger partial charge on any atom is 0.321 e. The highest BCUT2D eigenvalue weighted by molar-refractivity contribution is 5.93. The minimum atomic E-state index is -0.0963. The first-order chi connectivity index (χ1) is 11.5. The molecule has 126 valence electrons. The number of carbonyl (C=O) groups is 2. The summed E-state index contributed by atoms with van der Waals surface area (Å²) in [7, 11) is 3.56. The van der Waals surface area contributed by atoms with E-state index in [1.165, 1.54) is 0 Å². The Morgan fingerprint density at radius 2 is 1.71 bits per heavy atom. The molecule has 5 heteroatoms. The second kappa shape index (κ2) is 6.91. The molecule has 1 heterocycles. The van der Waals surface area contributed by atoms with Gasteiger partial charge in [0.15, 0.2) is 0 Å². The third kappa shape index (κ3) is 3.50. The fraction of sp³-hybridized carbons (Fsp3) is 0.368. The molecule has 5 nitrogen and oxygen atoms in total. The zero-order valence-electron chi connectivity index (χ0n) is 14.2. The molecule has 3 rings (SSSR count). The van der Waals surface area contributed by atoms with E-state index in [1.807, 2.05) is 42.5 Å². The molecule has 2 aromatic rings. The molecule has 0 aromatic heterocycles. The number of benzene rings is 2. The Hall–Kier alpha value is -2.56. The summed E-state index contributed by atoms with van der Waals surface area (Å²) in [4.78, 5) is 27.9. The molecule has 0 unspecified atom stereocenters. The number of likely N-dealkylation sites (tertiary alicyclic amines) is 1. The number of carbonyl (C=O) groups excluding carboxylic acids is 2. The van der Waals surface area contributed by atoms with Gasteiger partial charge in [-0.15, -0.1) is 0 Å². The summed E-state index contributed by atoms with van der Waals surface area (Å²) in [5.74, 6) is 0.189. The number of fused-ring (bicyclic) bond motifs is 1. The standard InChI is InChI=1S/C19H23N3O2/c1-21(2)18(23)15-9-11-22(12-10-15)19(24)20-17-8-7-14-5-3-4-6-16(14)13-17/h3-8,13,15H,9-12H2,1-2H3,(H,20,24). The van der Waals surface area contributed by atoms with Gasteiger partial charge in [-0.05, 0) is 35.7 Å². The number of amides is 3. The molecule has 0 spiro atoms. The minimum absolute atomic E-state index is 0.0321. The largest absolute Gasteiger partial charge is 0.349 e. The van der Waals surface area contributed by atoms with E-state index in [9.17, 15) is 9.59 Å². The Kier molecular flexibility index (Phi) is 4.69. The second-order valence-corrected chi connectivity index (χ2v) is 6.49. The van der Waals surface area contributed by atoms with Crippen LogP contribution in [0.2, 0.25) is 0 Å². The van der Waals surface area contributed by atoms with Gasteiger partial charge in [0, 0.05) is 38.8 Å². The maximum absolute atomic E-state index is 12.4. The van der Waals surface area contributed by atoms with E-state index in [-0.39, 0.29) is 17.9 Å². The lowest BCUT2D eigenvalue weighted by Gasteiger charge is -2.32. The van der Waals surface area contributed by atoms with Crippen molar-refractivity contribution in [1.82, 2.24) is 9.80 Å². The first-order valence-corrected chi connectivity index (χ1v) is 8.30. The van der Waals surface area contributed by atoms with E-state index in [2.05, 4.69) is 5.32 Å². The molecular weight excluding hydrogens is 302 g/mol. The van der Waals surface area contributed by atoms with Crippen molar-refractivity contribution >= 4 is 28.4 Å². The van der Waals surface area contributed by atoms with Crippen molar-refractivity contribution < 1.29 is 9.59 Å². The third-order valence-corrected chi connectivity index (χ3v) is 4.57. The molecule has 2 aromatic carbocycles. The van der Waals surface area contributed by atoms with Crippen molar-refractivity contribution in [3.8, 4) is 0 Å². The smallest absolute Gasteiger partial charge is 0.321 e. The van der Waals surface area contributed by atoms with Crippen LogP contribution in [0.5, 0.6) is 0 Å². The van der Waals surface area contributed by atoms with Crippen molar-refractivity contribution in [2.24, 2.45) is 5.92 Å². The molecule has 0 radical (unpaired) electrons. The van der Waals surface area contributed by atoms with Crippen molar-refractivity contribution in [3.05, 3.63) is 42.5 Å². The van der Waals surface area contributed by atoms with Crippen LogP contribution in [0.4, 0.5) is 10.5 Å². The molecule has 0 aliphatic carbocycles. The quantitative estimate of drug-likeness (QED) is 0.922. The molecule has 1 fully saturated rings. The van der Waals surface area contributed by atoms with Crippen LogP contribution in [-0.2, 0) is 4.79 Å². The lowest BCUT2D eigenvalue weighted by Crippen LogP contribution is -2.44. The summed E-state index contributed by atoms with van der Waals surface area (Å²) in [5, 5.41) is 5.22. The monoisotopic (exact) mass is 325 g/mol. The Morgan fingerprint density at radius 3 is 2.38 bits per heavy atom. The van der Waals surface area contributed by atoms with Crippen LogP contribution < -0.4 is 5.32 Å². The summed E-state index contributed by atoms with van der Waals surface area (Å²) in [6.07, 6.45) is 1.45. The summed E-state index contributed by atoms with van der Waals surface area (Å²) in [6, 6.07) is 13.9. The summed E-state index contributed by atoms with van der Waals surface area (Å²) in [6.45, 7) is 1.23. The van der Waals surface area contributed by atoms with Crippen LogP contribution in [0.25, 0.3) is 10.8 Å². The fourth-order valence-corrected chi connectivity index (χ4v) is 3.16. The number of hydrogen-bond donors (Lipinski definition) is 1. The molecule has 1 N–H and O–H groups in total. The van der Waals surface area contributed by atoms with Crippen molar-refractivity contribution in [2.75, 3.05) is 32.5 Å². The number of hydrogen-bond acceptors (Lipinski definition) is 2. The number of nitrogens with zero attached hydrogens (tertiary/aromatic N) is 2. The van der Waals surface area contributed by atoms with Crippen molar-refractivity contribution in [2.45, 2.75) is 12.8 Å². The van der Waals surface area contributed by atoms with Crippen LogP contribution in [0.15, 0.2) is 42.5 Å². The predicted octanol–water partition coefficient (Wildman–Crippen LogP) is 3.17. The Bertz CT molecular complexity index is 749. The normalized spacial score (nSPS) is 15.3. The topological polar surface area (TPSA) is 52.7 Å². The van der Waals surface area contributed by atoms with E-state index in [0.717, 1.165) is 29.3 Å². The van der Waals surface area contributed by atoms with Gasteiger partial charge in [0.05, 0.1) is 0 Å². The van der Waals surface area contributed by atoms with Crippen LogP contribution in [0, 0.1) is 5.92 Å². The zero-order valence-corrected chi connectivity index (χ0v) is 14.2. The molecule has 1 aliphatic rings. The maximum atomic E-state index is 12.4. The summed E-state index contributed by atoms with van der Waals surface area (Å²) >= 11 is 0. The molecule has 1 saturated heterocycles. The first kappa shape index (κ1) is 16.3. The summed E-state index contributed by atoms with van der Waals surface area (Å²) in [5.41, 5.74) is 0.796. The average molecular weight is 325 g/mol. The van der Waals surface area contributed by atoms with E-state index < -0.39 is 0 Å². The average Bonchev–Trinajstić information content (AvgIpc) is 2.61. The van der Waals surface area contributed by atoms with Gasteiger partial charge >= 0.3 is 6.03 Å². The van der Waals surface area contributed by atoms with Crippen molar-refractivity contribution in [3.63, 3.8) is 0 Å².